The standard InChI is InChI=1S/C12H14F3N3O2/c1-2-11(9(19)20)5-3-7-18(11)10-16-6-4-8(17-10)12(13,14)15/h4,6H,2-3,5,7H2,1H3,(H,19,20). The van der Waals surface area contributed by atoms with E-state index >= 15 is 0 Å². The quantitative estimate of drug-likeness (QED) is 0.925. The van der Waals surface area contributed by atoms with Crippen LogP contribution in [0.15, 0.2) is 12.3 Å². The number of halogens is 3. The smallest absolute Gasteiger partial charge is 0.433 e. The molecule has 1 unspecified atom stereocenters. The first-order chi connectivity index (χ1) is 9.31. The van der Waals surface area contributed by atoms with Gasteiger partial charge in [-0.15, -0.1) is 0 Å². The van der Waals surface area contributed by atoms with Crippen molar-refractivity contribution in [3.05, 3.63) is 18.0 Å². The van der Waals surface area contributed by atoms with E-state index in [4.69, 9.17) is 0 Å². The molecule has 1 N–H and O–H groups in total. The number of aliphatic carboxylic acids is 1. The monoisotopic (exact) mass is 289 g/mol. The molecule has 0 radical (unpaired) electrons. The van der Waals surface area contributed by atoms with Crippen LogP contribution in [0.2, 0.25) is 0 Å². The second-order valence-corrected chi connectivity index (χ2v) is 4.69. The first-order valence-corrected chi connectivity index (χ1v) is 6.22. The summed E-state index contributed by atoms with van der Waals surface area (Å²) in [6.45, 7) is 2.03. The van der Waals surface area contributed by atoms with Gasteiger partial charge in [-0.2, -0.15) is 13.2 Å². The van der Waals surface area contributed by atoms with Crippen molar-refractivity contribution in [2.45, 2.75) is 37.9 Å². The topological polar surface area (TPSA) is 66.3 Å². The molecule has 8 heteroatoms. The fraction of sp³-hybridized carbons (Fsp3) is 0.583. The van der Waals surface area contributed by atoms with E-state index in [2.05, 4.69) is 9.97 Å². The van der Waals surface area contributed by atoms with Crippen molar-refractivity contribution in [2.24, 2.45) is 0 Å². The van der Waals surface area contributed by atoms with Gasteiger partial charge in [-0.05, 0) is 25.3 Å². The van der Waals surface area contributed by atoms with E-state index in [0.29, 0.717) is 19.4 Å². The van der Waals surface area contributed by atoms with Crippen LogP contribution >= 0.6 is 0 Å². The molecule has 1 aromatic rings. The number of aromatic nitrogens is 2. The van der Waals surface area contributed by atoms with E-state index in [1.54, 1.807) is 6.92 Å². The maximum absolute atomic E-state index is 12.7. The molecule has 0 bridgehead atoms. The van der Waals surface area contributed by atoms with Crippen LogP contribution in [0.5, 0.6) is 0 Å². The lowest BCUT2D eigenvalue weighted by molar-refractivity contribution is -0.143. The van der Waals surface area contributed by atoms with Gasteiger partial charge in [-0.25, -0.2) is 14.8 Å². The SMILES string of the molecule is CCC1(C(=O)O)CCCN1c1nccc(C(F)(F)F)n1. The summed E-state index contributed by atoms with van der Waals surface area (Å²) in [5.41, 5.74) is -2.28. The number of anilines is 1. The average molecular weight is 289 g/mol. The van der Waals surface area contributed by atoms with E-state index in [1.165, 1.54) is 4.90 Å². The van der Waals surface area contributed by atoms with Crippen LogP contribution in [0, 0.1) is 0 Å². The summed E-state index contributed by atoms with van der Waals surface area (Å²) in [7, 11) is 0. The van der Waals surface area contributed by atoms with Crippen LogP contribution in [0.4, 0.5) is 19.1 Å². The molecule has 1 saturated heterocycles. The van der Waals surface area contributed by atoms with E-state index in [-0.39, 0.29) is 12.4 Å². The number of carboxylic acids is 1. The highest BCUT2D eigenvalue weighted by molar-refractivity contribution is 5.83. The van der Waals surface area contributed by atoms with Gasteiger partial charge in [0.1, 0.15) is 11.2 Å². The molecule has 2 heterocycles. The van der Waals surface area contributed by atoms with Crippen molar-refractivity contribution in [1.82, 2.24) is 9.97 Å². The molecule has 1 fully saturated rings. The van der Waals surface area contributed by atoms with Gasteiger partial charge in [0.2, 0.25) is 5.95 Å². The van der Waals surface area contributed by atoms with Gasteiger partial charge < -0.3 is 10.0 Å². The summed E-state index contributed by atoms with van der Waals surface area (Å²) < 4.78 is 38.0. The average Bonchev–Trinajstić information content (AvgIpc) is 2.83. The Bertz CT molecular complexity index is 521. The van der Waals surface area contributed by atoms with Crippen LogP contribution in [-0.2, 0) is 11.0 Å². The normalized spacial score (nSPS) is 23.1. The van der Waals surface area contributed by atoms with Crippen molar-refractivity contribution in [2.75, 3.05) is 11.4 Å². The van der Waals surface area contributed by atoms with Crippen molar-refractivity contribution in [1.29, 1.82) is 0 Å². The largest absolute Gasteiger partial charge is 0.479 e. The Labute approximate surface area is 113 Å². The minimum Gasteiger partial charge on any atom is -0.479 e. The van der Waals surface area contributed by atoms with Crippen LogP contribution in [0.1, 0.15) is 31.9 Å². The predicted molar refractivity (Wildman–Crippen MR) is 64.3 cm³/mol. The first kappa shape index (κ1) is 14.5. The minimum atomic E-state index is -4.57. The van der Waals surface area contributed by atoms with Crippen LogP contribution < -0.4 is 4.90 Å². The molecule has 20 heavy (non-hydrogen) atoms. The Balaban J connectivity index is 2.43. The zero-order valence-electron chi connectivity index (χ0n) is 10.8. The van der Waals surface area contributed by atoms with Gasteiger partial charge in [-0.1, -0.05) is 6.92 Å². The molecule has 2 rings (SSSR count). The number of nitrogens with zero attached hydrogens (tertiary/aromatic N) is 3. The highest BCUT2D eigenvalue weighted by atomic mass is 19.4. The lowest BCUT2D eigenvalue weighted by Crippen LogP contribution is -2.51. The molecule has 1 aliphatic rings. The zero-order valence-corrected chi connectivity index (χ0v) is 10.8. The fourth-order valence-corrected chi connectivity index (χ4v) is 2.55. The second-order valence-electron chi connectivity index (χ2n) is 4.69. The molecule has 1 aromatic heterocycles. The molecule has 1 atom stereocenters. The highest BCUT2D eigenvalue weighted by Crippen LogP contribution is 2.36. The number of rotatable bonds is 3. The molecule has 110 valence electrons. The summed E-state index contributed by atoms with van der Waals surface area (Å²) in [6.07, 6.45) is -2.33. The second kappa shape index (κ2) is 4.92. The minimum absolute atomic E-state index is 0.179. The Morgan fingerprint density at radius 2 is 2.25 bits per heavy atom. The zero-order chi connectivity index (χ0) is 15.0. The summed E-state index contributed by atoms with van der Waals surface area (Å²) >= 11 is 0. The highest BCUT2D eigenvalue weighted by Gasteiger charge is 2.48. The Kier molecular flexibility index (Phi) is 3.58. The molecule has 0 aromatic carbocycles. The molecule has 1 aliphatic heterocycles. The first-order valence-electron chi connectivity index (χ1n) is 6.22. The van der Waals surface area contributed by atoms with Crippen LogP contribution in [0.3, 0.4) is 0 Å². The van der Waals surface area contributed by atoms with Crippen molar-refractivity contribution in [3.8, 4) is 0 Å². The molecule has 0 saturated carbocycles. The van der Waals surface area contributed by atoms with Gasteiger partial charge >= 0.3 is 12.1 Å². The molecular weight excluding hydrogens is 275 g/mol. The fourth-order valence-electron chi connectivity index (χ4n) is 2.55. The van der Waals surface area contributed by atoms with E-state index < -0.39 is 23.4 Å². The van der Waals surface area contributed by atoms with Gasteiger partial charge in [-0.3, -0.25) is 0 Å². The Hall–Kier alpha value is -1.86. The molecule has 0 amide bonds. The maximum atomic E-state index is 12.7. The van der Waals surface area contributed by atoms with Gasteiger partial charge in [0.25, 0.3) is 0 Å². The Morgan fingerprint density at radius 3 is 2.80 bits per heavy atom. The predicted octanol–water partition coefficient (Wildman–Crippen LogP) is 2.33. The summed E-state index contributed by atoms with van der Waals surface area (Å²) in [5, 5.41) is 9.41. The number of carbonyl (C=O) groups is 1. The Morgan fingerprint density at radius 1 is 1.55 bits per heavy atom. The summed E-state index contributed by atoms with van der Waals surface area (Å²) in [6, 6.07) is 0.772. The number of alkyl halides is 3. The molecule has 0 spiro atoms. The third-order valence-corrected chi connectivity index (χ3v) is 3.65. The van der Waals surface area contributed by atoms with Gasteiger partial charge in [0.15, 0.2) is 0 Å². The van der Waals surface area contributed by atoms with E-state index in [1.807, 2.05) is 0 Å². The number of hydrogen-bond donors (Lipinski definition) is 1. The van der Waals surface area contributed by atoms with Gasteiger partial charge in [0.05, 0.1) is 0 Å². The third kappa shape index (κ3) is 2.30. The van der Waals surface area contributed by atoms with Gasteiger partial charge in [0, 0.05) is 12.7 Å². The van der Waals surface area contributed by atoms with E-state index in [9.17, 15) is 23.1 Å². The third-order valence-electron chi connectivity index (χ3n) is 3.65. The van der Waals surface area contributed by atoms with Crippen molar-refractivity contribution in [3.63, 3.8) is 0 Å². The van der Waals surface area contributed by atoms with E-state index in [0.717, 1.165) is 12.3 Å². The molecular formula is C12H14F3N3O2. The number of carboxylic acid groups (broad SMARTS) is 1. The lowest BCUT2D eigenvalue weighted by Gasteiger charge is -2.33. The summed E-state index contributed by atoms with van der Waals surface area (Å²) in [4.78, 5) is 20.2. The molecule has 5 nitrogen and oxygen atoms in total. The van der Waals surface area contributed by atoms with Crippen molar-refractivity contribution < 1.29 is 23.1 Å². The van der Waals surface area contributed by atoms with Crippen LogP contribution in [0.25, 0.3) is 0 Å². The van der Waals surface area contributed by atoms with Crippen molar-refractivity contribution >= 4 is 11.9 Å². The lowest BCUT2D eigenvalue weighted by atomic mass is 9.93. The van der Waals surface area contributed by atoms with Crippen LogP contribution in [-0.4, -0.2) is 33.1 Å². The number of hydrogen-bond acceptors (Lipinski definition) is 4. The maximum Gasteiger partial charge on any atom is 0.433 e. The molecule has 0 aliphatic carbocycles. The summed E-state index contributed by atoms with van der Waals surface area (Å²) in [5.74, 6) is -1.24.